The van der Waals surface area contributed by atoms with Crippen LogP contribution in [0.5, 0.6) is 11.5 Å². The minimum Gasteiger partial charge on any atom is -0.493 e. The lowest BCUT2D eigenvalue weighted by molar-refractivity contribution is -0.136. The van der Waals surface area contributed by atoms with Gasteiger partial charge in [0.25, 0.3) is 0 Å². The summed E-state index contributed by atoms with van der Waals surface area (Å²) in [6.07, 6.45) is 0.359. The first kappa shape index (κ1) is 22.2. The van der Waals surface area contributed by atoms with E-state index in [4.69, 9.17) is 9.47 Å². The monoisotopic (exact) mass is 410 g/mol. The fourth-order valence-electron chi connectivity index (χ4n) is 4.73. The topological polar surface area (TPSA) is 42.0 Å². The lowest BCUT2D eigenvalue weighted by Crippen LogP contribution is -2.55. The third-order valence-electron chi connectivity index (χ3n) is 5.99. The number of piperidine rings is 1. The summed E-state index contributed by atoms with van der Waals surface area (Å²) in [5.41, 5.74) is 1.34. The second kappa shape index (κ2) is 10.5. The second-order valence-corrected chi connectivity index (χ2v) is 8.38. The molecular formula is C25H34N2O3. The maximum absolute atomic E-state index is 12.9. The summed E-state index contributed by atoms with van der Waals surface area (Å²) < 4.78 is 11.1. The number of hydrogen-bond acceptors (Lipinski definition) is 4. The van der Waals surface area contributed by atoms with Crippen LogP contribution in [0.4, 0.5) is 0 Å². The summed E-state index contributed by atoms with van der Waals surface area (Å²) in [6, 6.07) is 18.4. The number of rotatable bonds is 8. The summed E-state index contributed by atoms with van der Waals surface area (Å²) in [4.78, 5) is 17.3. The Labute approximate surface area is 180 Å². The Morgan fingerprint density at radius 2 is 1.60 bits per heavy atom. The van der Waals surface area contributed by atoms with Gasteiger partial charge in [-0.05, 0) is 29.5 Å². The van der Waals surface area contributed by atoms with Gasteiger partial charge in [0, 0.05) is 32.7 Å². The van der Waals surface area contributed by atoms with Gasteiger partial charge in [0.1, 0.15) is 0 Å². The van der Waals surface area contributed by atoms with Gasteiger partial charge >= 0.3 is 0 Å². The molecule has 1 saturated heterocycles. The van der Waals surface area contributed by atoms with Crippen molar-refractivity contribution >= 4 is 5.91 Å². The van der Waals surface area contributed by atoms with E-state index in [1.54, 1.807) is 7.11 Å². The van der Waals surface area contributed by atoms with Crippen LogP contribution in [-0.4, -0.2) is 55.6 Å². The average Bonchev–Trinajstić information content (AvgIpc) is 2.74. The van der Waals surface area contributed by atoms with E-state index in [2.05, 4.69) is 49.1 Å². The van der Waals surface area contributed by atoms with Crippen molar-refractivity contribution in [3.63, 3.8) is 0 Å². The van der Waals surface area contributed by atoms with Crippen LogP contribution in [0.2, 0.25) is 0 Å². The minimum atomic E-state index is 0.130. The van der Waals surface area contributed by atoms with Crippen LogP contribution < -0.4 is 9.47 Å². The van der Waals surface area contributed by atoms with Gasteiger partial charge in [0.2, 0.25) is 5.91 Å². The number of methoxy groups -OCH3 is 1. The number of benzene rings is 2. The molecule has 2 aromatic carbocycles. The molecule has 2 atom stereocenters. The van der Waals surface area contributed by atoms with E-state index < -0.39 is 0 Å². The highest BCUT2D eigenvalue weighted by atomic mass is 16.5. The molecule has 30 heavy (non-hydrogen) atoms. The predicted octanol–water partition coefficient (Wildman–Crippen LogP) is 4.08. The van der Waals surface area contributed by atoms with Crippen molar-refractivity contribution in [1.82, 2.24) is 9.80 Å². The highest BCUT2D eigenvalue weighted by Crippen LogP contribution is 2.28. The van der Waals surface area contributed by atoms with E-state index in [1.807, 2.05) is 36.2 Å². The lowest BCUT2D eigenvalue weighted by atomic mass is 9.84. The molecule has 5 heteroatoms. The van der Waals surface area contributed by atoms with Gasteiger partial charge < -0.3 is 14.4 Å². The Hall–Kier alpha value is -2.53. The fourth-order valence-corrected chi connectivity index (χ4v) is 4.73. The number of ether oxygens (including phenoxy) is 2. The number of carbonyl (C=O) groups excluding carboxylic acids is 1. The van der Waals surface area contributed by atoms with Crippen LogP contribution in [0, 0.1) is 11.8 Å². The predicted molar refractivity (Wildman–Crippen MR) is 120 cm³/mol. The van der Waals surface area contributed by atoms with Gasteiger partial charge in [-0.1, -0.05) is 56.3 Å². The summed E-state index contributed by atoms with van der Waals surface area (Å²) in [5.74, 6) is 2.32. The third kappa shape index (κ3) is 5.54. The highest BCUT2D eigenvalue weighted by Gasteiger charge is 2.36. The van der Waals surface area contributed by atoms with Crippen molar-refractivity contribution in [2.45, 2.75) is 32.9 Å². The van der Waals surface area contributed by atoms with Gasteiger partial charge in [-0.2, -0.15) is 0 Å². The third-order valence-corrected chi connectivity index (χ3v) is 5.99. The largest absolute Gasteiger partial charge is 0.493 e. The fraction of sp³-hybridized carbons (Fsp3) is 0.480. The smallest absolute Gasteiger partial charge is 0.226 e. The number of carbonyl (C=O) groups is 1. The number of amides is 1. The number of hydrogen-bond donors (Lipinski definition) is 0. The Kier molecular flexibility index (Phi) is 7.75. The Morgan fingerprint density at radius 1 is 1.00 bits per heavy atom. The standard InChI is InChI=1S/C25H34N2O3/c1-19-16-27(18-21-10-6-5-7-11-21)17-20(2)25(19)26(3)24(28)14-15-30-23-13-9-8-12-22(23)29-4/h5-13,19-20,25H,14-18H2,1-4H3/t19-,20-/m1/s1. The quantitative estimate of drug-likeness (QED) is 0.658. The summed E-state index contributed by atoms with van der Waals surface area (Å²) in [5, 5.41) is 0. The minimum absolute atomic E-state index is 0.130. The molecule has 0 spiro atoms. The molecule has 1 fully saturated rings. The Bertz CT molecular complexity index is 799. The number of likely N-dealkylation sites (tertiary alicyclic amines) is 1. The molecule has 2 aromatic rings. The maximum Gasteiger partial charge on any atom is 0.226 e. The summed E-state index contributed by atoms with van der Waals surface area (Å²) in [7, 11) is 3.56. The normalized spacial score (nSPS) is 20.0. The second-order valence-electron chi connectivity index (χ2n) is 8.38. The molecule has 162 valence electrons. The summed E-state index contributed by atoms with van der Waals surface area (Å²) in [6.45, 7) is 7.82. The van der Waals surface area contributed by atoms with E-state index in [-0.39, 0.29) is 11.9 Å². The van der Waals surface area contributed by atoms with Crippen molar-refractivity contribution < 1.29 is 14.3 Å². The molecule has 0 N–H and O–H groups in total. The van der Waals surface area contributed by atoms with Crippen LogP contribution >= 0.6 is 0 Å². The maximum atomic E-state index is 12.9. The number of nitrogens with zero attached hydrogens (tertiary/aromatic N) is 2. The molecule has 1 amide bonds. The van der Waals surface area contributed by atoms with E-state index in [0.29, 0.717) is 36.4 Å². The molecule has 1 aliphatic rings. The Balaban J connectivity index is 1.51. The van der Waals surface area contributed by atoms with Crippen LogP contribution in [-0.2, 0) is 11.3 Å². The highest BCUT2D eigenvalue weighted by molar-refractivity contribution is 5.76. The lowest BCUT2D eigenvalue weighted by Gasteiger charge is -2.45. The molecule has 3 rings (SSSR count). The van der Waals surface area contributed by atoms with Crippen LogP contribution in [0.3, 0.4) is 0 Å². The first-order valence-electron chi connectivity index (χ1n) is 10.8. The molecule has 0 unspecified atom stereocenters. The molecule has 0 bridgehead atoms. The molecule has 5 nitrogen and oxygen atoms in total. The van der Waals surface area contributed by atoms with E-state index in [1.165, 1.54) is 5.56 Å². The average molecular weight is 411 g/mol. The molecule has 0 aliphatic carbocycles. The van der Waals surface area contributed by atoms with E-state index >= 15 is 0 Å². The van der Waals surface area contributed by atoms with Gasteiger partial charge in [0.05, 0.1) is 20.1 Å². The van der Waals surface area contributed by atoms with Crippen LogP contribution in [0.1, 0.15) is 25.8 Å². The van der Waals surface area contributed by atoms with Crippen molar-refractivity contribution in [1.29, 1.82) is 0 Å². The Morgan fingerprint density at radius 3 is 2.23 bits per heavy atom. The number of para-hydroxylation sites is 2. The molecular weight excluding hydrogens is 376 g/mol. The van der Waals surface area contributed by atoms with Crippen molar-refractivity contribution in [3.05, 3.63) is 60.2 Å². The van der Waals surface area contributed by atoms with E-state index in [0.717, 1.165) is 19.6 Å². The van der Waals surface area contributed by atoms with Gasteiger partial charge in [-0.15, -0.1) is 0 Å². The van der Waals surface area contributed by atoms with Crippen molar-refractivity contribution in [3.8, 4) is 11.5 Å². The zero-order chi connectivity index (χ0) is 21.5. The first-order chi connectivity index (χ1) is 14.5. The molecule has 0 radical (unpaired) electrons. The molecule has 0 aromatic heterocycles. The molecule has 1 aliphatic heterocycles. The van der Waals surface area contributed by atoms with E-state index in [9.17, 15) is 4.79 Å². The molecule has 1 heterocycles. The first-order valence-corrected chi connectivity index (χ1v) is 10.8. The summed E-state index contributed by atoms with van der Waals surface area (Å²) >= 11 is 0. The SMILES string of the molecule is COc1ccccc1OCCC(=O)N(C)C1[C@H](C)CN(Cc2ccccc2)C[C@H]1C. The van der Waals surface area contributed by atoms with Crippen LogP contribution in [0.15, 0.2) is 54.6 Å². The van der Waals surface area contributed by atoms with Crippen LogP contribution in [0.25, 0.3) is 0 Å². The van der Waals surface area contributed by atoms with Crippen molar-refractivity contribution in [2.24, 2.45) is 11.8 Å². The van der Waals surface area contributed by atoms with Gasteiger partial charge in [-0.3, -0.25) is 9.69 Å². The van der Waals surface area contributed by atoms with Crippen molar-refractivity contribution in [2.75, 3.05) is 33.9 Å². The van der Waals surface area contributed by atoms with Gasteiger partial charge in [0.15, 0.2) is 11.5 Å². The zero-order valence-corrected chi connectivity index (χ0v) is 18.6. The zero-order valence-electron chi connectivity index (χ0n) is 18.6. The van der Waals surface area contributed by atoms with Gasteiger partial charge in [-0.25, -0.2) is 0 Å². The molecule has 0 saturated carbocycles.